The molecule has 0 saturated heterocycles. The normalized spacial score (nSPS) is 11.8. The molecular formula is C34H42F2O3. The highest BCUT2D eigenvalue weighted by molar-refractivity contribution is 5.91. The molecule has 3 aromatic carbocycles. The van der Waals surface area contributed by atoms with Gasteiger partial charge in [-0.15, -0.1) is 0 Å². The van der Waals surface area contributed by atoms with Gasteiger partial charge in [-0.3, -0.25) is 0 Å². The van der Waals surface area contributed by atoms with Crippen molar-refractivity contribution in [3.05, 3.63) is 83.7 Å². The Labute approximate surface area is 232 Å². The molecule has 210 valence electrons. The second-order valence-electron chi connectivity index (χ2n) is 10.1. The van der Waals surface area contributed by atoms with Gasteiger partial charge in [0.1, 0.15) is 11.9 Å². The van der Waals surface area contributed by atoms with E-state index in [1.807, 2.05) is 12.1 Å². The summed E-state index contributed by atoms with van der Waals surface area (Å²) in [4.78, 5) is 12.8. The lowest BCUT2D eigenvalue weighted by molar-refractivity contribution is 0.0732. The van der Waals surface area contributed by atoms with E-state index in [1.165, 1.54) is 31.7 Å². The van der Waals surface area contributed by atoms with Gasteiger partial charge in [-0.2, -0.15) is 0 Å². The van der Waals surface area contributed by atoms with Crippen LogP contribution < -0.4 is 9.47 Å². The van der Waals surface area contributed by atoms with E-state index < -0.39 is 18.0 Å². The quantitative estimate of drug-likeness (QED) is 0.0978. The third-order valence-electron chi connectivity index (χ3n) is 6.88. The molecule has 0 fully saturated rings. The summed E-state index contributed by atoms with van der Waals surface area (Å²) in [5.41, 5.74) is 2.52. The van der Waals surface area contributed by atoms with Crippen molar-refractivity contribution in [3.8, 4) is 22.6 Å². The summed E-state index contributed by atoms with van der Waals surface area (Å²) in [6.07, 6.45) is 9.58. The molecule has 3 nitrogen and oxygen atoms in total. The molecule has 0 amide bonds. The summed E-state index contributed by atoms with van der Waals surface area (Å²) < 4.78 is 40.4. The van der Waals surface area contributed by atoms with Gasteiger partial charge in [-0.25, -0.2) is 13.6 Å². The molecule has 0 saturated carbocycles. The van der Waals surface area contributed by atoms with Crippen LogP contribution in [0.25, 0.3) is 11.1 Å². The van der Waals surface area contributed by atoms with Crippen LogP contribution in [-0.2, 0) is 6.42 Å². The minimum absolute atomic E-state index is 0.219. The number of esters is 1. The van der Waals surface area contributed by atoms with Crippen LogP contribution in [0.5, 0.6) is 11.5 Å². The first-order chi connectivity index (χ1) is 19.0. The van der Waals surface area contributed by atoms with E-state index in [9.17, 15) is 13.6 Å². The smallest absolute Gasteiger partial charge is 0.343 e. The van der Waals surface area contributed by atoms with Crippen LogP contribution in [0, 0.1) is 5.82 Å². The molecule has 3 aromatic rings. The van der Waals surface area contributed by atoms with Crippen molar-refractivity contribution in [2.24, 2.45) is 0 Å². The molecule has 1 unspecified atom stereocenters. The number of rotatable bonds is 17. The van der Waals surface area contributed by atoms with Crippen LogP contribution in [0.3, 0.4) is 0 Å². The highest BCUT2D eigenvalue weighted by Crippen LogP contribution is 2.27. The first-order valence-electron chi connectivity index (χ1n) is 14.5. The largest absolute Gasteiger partial charge is 0.491 e. The first kappa shape index (κ1) is 30.3. The van der Waals surface area contributed by atoms with Gasteiger partial charge in [0.2, 0.25) is 0 Å². The number of unbranched alkanes of at least 4 members (excludes halogenated alkanes) is 7. The Morgan fingerprint density at radius 2 is 1.44 bits per heavy atom. The fraction of sp³-hybridized carbons (Fsp3) is 0.441. The number of hydrogen-bond acceptors (Lipinski definition) is 3. The van der Waals surface area contributed by atoms with E-state index in [4.69, 9.17) is 9.47 Å². The molecule has 0 radical (unpaired) electrons. The summed E-state index contributed by atoms with van der Waals surface area (Å²) in [5, 5.41) is 0. The van der Waals surface area contributed by atoms with Gasteiger partial charge >= 0.3 is 5.97 Å². The Bertz CT molecular complexity index is 1140. The molecule has 39 heavy (non-hydrogen) atoms. The third-order valence-corrected chi connectivity index (χ3v) is 6.88. The van der Waals surface area contributed by atoms with Crippen molar-refractivity contribution >= 4 is 5.97 Å². The first-order valence-corrected chi connectivity index (χ1v) is 14.5. The second-order valence-corrected chi connectivity index (χ2v) is 10.1. The van der Waals surface area contributed by atoms with Crippen LogP contribution >= 0.6 is 0 Å². The monoisotopic (exact) mass is 536 g/mol. The fourth-order valence-electron chi connectivity index (χ4n) is 4.55. The number of alkyl halides is 1. The van der Waals surface area contributed by atoms with Crippen molar-refractivity contribution < 1.29 is 23.0 Å². The molecule has 0 aliphatic rings. The maximum atomic E-state index is 14.7. The van der Waals surface area contributed by atoms with Crippen LogP contribution in [-0.4, -0.2) is 18.7 Å². The molecule has 1 atom stereocenters. The number of benzene rings is 3. The molecule has 5 heteroatoms. The highest BCUT2D eigenvalue weighted by atomic mass is 19.1. The summed E-state index contributed by atoms with van der Waals surface area (Å²) in [5.74, 6) is -0.283. The molecule has 0 aromatic heterocycles. The Morgan fingerprint density at radius 1 is 0.769 bits per heavy atom. The number of carbonyl (C=O) groups is 1. The van der Waals surface area contributed by atoms with Gasteiger partial charge in [0.15, 0.2) is 11.6 Å². The van der Waals surface area contributed by atoms with E-state index in [-0.39, 0.29) is 12.2 Å². The van der Waals surface area contributed by atoms with Crippen molar-refractivity contribution in [1.82, 2.24) is 0 Å². The SMILES string of the molecule is CCCCCCCCOc1ccc(-c2ccc(C(=O)Oc3ccccc3CC(F)CCCCC)cc2)cc1F. The highest BCUT2D eigenvalue weighted by Gasteiger charge is 2.15. The fourth-order valence-corrected chi connectivity index (χ4v) is 4.55. The zero-order valence-electron chi connectivity index (χ0n) is 23.4. The summed E-state index contributed by atoms with van der Waals surface area (Å²) in [6, 6.07) is 18.9. The molecule has 0 aliphatic carbocycles. The standard InChI is InChI=1S/C34H42F2O3/c1-3-5-7-8-9-13-23-38-33-22-21-28(25-31(33)36)26-17-19-27(20-18-26)34(37)39-32-16-12-11-14-29(32)24-30(35)15-10-6-4-2/h11-12,14,16-22,25,30H,3-10,13,15,23-24H2,1-2H3. The Kier molecular flexibility index (Phi) is 13.0. The van der Waals surface area contributed by atoms with Crippen molar-refractivity contribution in [3.63, 3.8) is 0 Å². The van der Waals surface area contributed by atoms with Gasteiger partial charge in [-0.1, -0.05) is 102 Å². The summed E-state index contributed by atoms with van der Waals surface area (Å²) in [7, 11) is 0. The van der Waals surface area contributed by atoms with Crippen molar-refractivity contribution in [2.45, 2.75) is 90.6 Å². The van der Waals surface area contributed by atoms with Crippen LogP contribution in [0.15, 0.2) is 66.7 Å². The number of para-hydroxylation sites is 1. The average molecular weight is 537 g/mol. The summed E-state index contributed by atoms with van der Waals surface area (Å²) in [6.45, 7) is 4.79. The van der Waals surface area contributed by atoms with E-state index >= 15 is 0 Å². The topological polar surface area (TPSA) is 35.5 Å². The Balaban J connectivity index is 1.55. The summed E-state index contributed by atoms with van der Waals surface area (Å²) >= 11 is 0. The number of carbonyl (C=O) groups excluding carboxylic acids is 1. The minimum atomic E-state index is -0.969. The second kappa shape index (κ2) is 16.7. The van der Waals surface area contributed by atoms with Crippen LogP contribution in [0.2, 0.25) is 0 Å². The maximum absolute atomic E-state index is 14.7. The zero-order valence-corrected chi connectivity index (χ0v) is 23.4. The lowest BCUT2D eigenvalue weighted by Gasteiger charge is -2.13. The van der Waals surface area contributed by atoms with Crippen LogP contribution in [0.1, 0.15) is 94.0 Å². The molecule has 0 aliphatic heterocycles. The number of halogens is 2. The lowest BCUT2D eigenvalue weighted by atomic mass is 10.0. The van der Waals surface area contributed by atoms with Gasteiger partial charge < -0.3 is 9.47 Å². The van der Waals surface area contributed by atoms with Gasteiger partial charge in [0.05, 0.1) is 12.2 Å². The van der Waals surface area contributed by atoms with Gasteiger partial charge in [-0.05, 0) is 59.9 Å². The predicted octanol–water partition coefficient (Wildman–Crippen LogP) is 9.91. The zero-order chi connectivity index (χ0) is 27.9. The molecule has 0 heterocycles. The van der Waals surface area contributed by atoms with E-state index in [0.29, 0.717) is 35.5 Å². The van der Waals surface area contributed by atoms with E-state index in [1.54, 1.807) is 48.5 Å². The van der Waals surface area contributed by atoms with Crippen molar-refractivity contribution in [1.29, 1.82) is 0 Å². The Hall–Kier alpha value is -3.21. The minimum Gasteiger partial charge on any atom is -0.491 e. The molecule has 0 N–H and O–H groups in total. The van der Waals surface area contributed by atoms with Gasteiger partial charge in [0, 0.05) is 6.42 Å². The van der Waals surface area contributed by atoms with Crippen LogP contribution in [0.4, 0.5) is 8.78 Å². The van der Waals surface area contributed by atoms with Gasteiger partial charge in [0.25, 0.3) is 0 Å². The van der Waals surface area contributed by atoms with E-state index in [2.05, 4.69) is 13.8 Å². The predicted molar refractivity (Wildman–Crippen MR) is 155 cm³/mol. The number of ether oxygens (including phenoxy) is 2. The van der Waals surface area contributed by atoms with Crippen molar-refractivity contribution in [2.75, 3.05) is 6.61 Å². The average Bonchev–Trinajstić information content (AvgIpc) is 2.94. The number of hydrogen-bond donors (Lipinski definition) is 0. The molecular weight excluding hydrogens is 494 g/mol. The lowest BCUT2D eigenvalue weighted by Crippen LogP contribution is -2.12. The van der Waals surface area contributed by atoms with E-state index in [0.717, 1.165) is 37.7 Å². The maximum Gasteiger partial charge on any atom is 0.343 e. The third kappa shape index (κ3) is 10.1. The molecule has 0 bridgehead atoms. The molecule has 3 rings (SSSR count). The Morgan fingerprint density at radius 3 is 2.18 bits per heavy atom. The molecule has 0 spiro atoms.